The van der Waals surface area contributed by atoms with Gasteiger partial charge in [0, 0.05) is 26.4 Å². The Labute approximate surface area is 289 Å². The maximum Gasteiger partial charge on any atom is 0.308 e. The minimum absolute atomic E-state index is 0.0164. The predicted octanol–water partition coefficient (Wildman–Crippen LogP) is 0.846. The van der Waals surface area contributed by atoms with Crippen LogP contribution in [-0.4, -0.2) is 149 Å². The number of hydrogen-bond donors (Lipinski definition) is 5. The summed E-state index contributed by atoms with van der Waals surface area (Å²) in [7, 11) is 4.86. The van der Waals surface area contributed by atoms with Crippen molar-refractivity contribution >= 4 is 12.3 Å². The van der Waals surface area contributed by atoms with Gasteiger partial charge < -0.3 is 63.6 Å². The van der Waals surface area contributed by atoms with Crippen LogP contribution in [0.3, 0.4) is 0 Å². The van der Waals surface area contributed by atoms with Crippen molar-refractivity contribution in [2.24, 2.45) is 11.8 Å². The van der Waals surface area contributed by atoms with Crippen LogP contribution in [0.25, 0.3) is 0 Å². The highest BCUT2D eigenvalue weighted by Gasteiger charge is 2.51. The second kappa shape index (κ2) is 18.6. The summed E-state index contributed by atoms with van der Waals surface area (Å²) < 4.78 is 36.1. The third kappa shape index (κ3) is 11.1. The van der Waals surface area contributed by atoms with Crippen molar-refractivity contribution in [1.29, 1.82) is 0 Å². The molecular weight excluding hydrogens is 642 g/mol. The molecular formula is C35H59NO13. The zero-order chi connectivity index (χ0) is 36.6. The van der Waals surface area contributed by atoms with Crippen molar-refractivity contribution in [1.82, 2.24) is 4.90 Å². The average molecular weight is 702 g/mol. The van der Waals surface area contributed by atoms with Gasteiger partial charge in [0.1, 0.15) is 36.8 Å². The van der Waals surface area contributed by atoms with Crippen molar-refractivity contribution in [2.45, 2.75) is 152 Å². The van der Waals surface area contributed by atoms with E-state index in [-0.39, 0.29) is 25.2 Å². The number of aldehydes is 1. The van der Waals surface area contributed by atoms with Crippen LogP contribution in [0.15, 0.2) is 24.3 Å². The summed E-state index contributed by atoms with van der Waals surface area (Å²) in [5, 5.41) is 55.2. The third-order valence-corrected chi connectivity index (χ3v) is 9.83. The molecule has 2 fully saturated rings. The lowest BCUT2D eigenvalue weighted by molar-refractivity contribution is -0.344. The number of esters is 1. The highest BCUT2D eigenvalue weighted by atomic mass is 16.7. The molecule has 0 aromatic rings. The number of nitrogens with zero attached hydrogens (tertiary/aromatic N) is 1. The highest BCUT2D eigenvalue weighted by Crippen LogP contribution is 2.36. The molecule has 3 aliphatic heterocycles. The summed E-state index contributed by atoms with van der Waals surface area (Å²) in [6.45, 7) is 8.44. The van der Waals surface area contributed by atoms with Crippen molar-refractivity contribution in [2.75, 3.05) is 21.2 Å². The fourth-order valence-electron chi connectivity index (χ4n) is 7.04. The van der Waals surface area contributed by atoms with Crippen LogP contribution in [0.5, 0.6) is 0 Å². The van der Waals surface area contributed by atoms with Gasteiger partial charge in [-0.1, -0.05) is 31.2 Å². The number of likely N-dealkylation sites (N-methyl/N-ethyl adjacent to an activating group) is 1. The van der Waals surface area contributed by atoms with Gasteiger partial charge in [-0.3, -0.25) is 4.79 Å². The maximum atomic E-state index is 12.8. The quantitative estimate of drug-likeness (QED) is 0.177. The third-order valence-electron chi connectivity index (χ3n) is 9.83. The van der Waals surface area contributed by atoms with E-state index in [2.05, 4.69) is 0 Å². The van der Waals surface area contributed by atoms with E-state index in [1.807, 2.05) is 13.0 Å². The number of aliphatic hydroxyl groups excluding tert-OH is 4. The Morgan fingerprint density at radius 1 is 1.00 bits per heavy atom. The smallest absolute Gasteiger partial charge is 0.308 e. The van der Waals surface area contributed by atoms with E-state index in [0.717, 1.165) is 6.29 Å². The Morgan fingerprint density at radius 2 is 1.69 bits per heavy atom. The van der Waals surface area contributed by atoms with Gasteiger partial charge in [0.15, 0.2) is 12.6 Å². The van der Waals surface area contributed by atoms with Gasteiger partial charge in [0.05, 0.1) is 48.6 Å². The first-order chi connectivity index (χ1) is 23.0. The number of hydrogen-bond acceptors (Lipinski definition) is 14. The van der Waals surface area contributed by atoms with E-state index in [9.17, 15) is 35.1 Å². The molecule has 0 radical (unpaired) electrons. The molecule has 3 heterocycles. The van der Waals surface area contributed by atoms with E-state index >= 15 is 0 Å². The molecule has 0 aromatic heterocycles. The summed E-state index contributed by atoms with van der Waals surface area (Å²) in [6, 6.07) is -0.721. The molecule has 0 bridgehead atoms. The number of rotatable bonds is 8. The number of aliphatic hydroxyl groups is 5. The van der Waals surface area contributed by atoms with Crippen molar-refractivity contribution < 1.29 is 63.5 Å². The lowest BCUT2D eigenvalue weighted by atomic mass is 9.82. The molecule has 16 atom stereocenters. The standard InChI is InChI=1S/C35H59NO13/c1-19-16-23(14-15-37)31(32(44-8)25(39)17-26(40)45-20(2)12-10-9-11-13-24(19)38)49-34-29(41)28(36(6)7)30(21(3)47-34)48-27-18-35(5,43)33(42)22(4)46-27/h9-11,13,15,19-25,27-34,38-39,41-43H,12,14,16-18H2,1-8H3/t19-,20-,21-,22+,23+,24+,25-,27-,28+,29-,30+,31+,32-,33-,34+,35+/m1/s1. The van der Waals surface area contributed by atoms with Crippen LogP contribution in [0.2, 0.25) is 0 Å². The van der Waals surface area contributed by atoms with E-state index in [4.69, 9.17) is 28.4 Å². The largest absolute Gasteiger partial charge is 0.462 e. The van der Waals surface area contributed by atoms with Gasteiger partial charge >= 0.3 is 5.97 Å². The van der Waals surface area contributed by atoms with Gasteiger partial charge in [-0.25, -0.2) is 0 Å². The van der Waals surface area contributed by atoms with E-state index < -0.39 is 104 Å². The molecule has 3 aliphatic rings. The van der Waals surface area contributed by atoms with Gasteiger partial charge in [-0.05, 0) is 60.0 Å². The second-order valence-corrected chi connectivity index (χ2v) is 14.3. The van der Waals surface area contributed by atoms with E-state index in [1.165, 1.54) is 14.0 Å². The summed E-state index contributed by atoms with van der Waals surface area (Å²) in [5.41, 5.74) is -1.46. The fraction of sp³-hybridized carbons (Fsp3) is 0.829. The minimum Gasteiger partial charge on any atom is -0.462 e. The molecule has 3 rings (SSSR count). The summed E-state index contributed by atoms with van der Waals surface area (Å²) in [4.78, 5) is 26.6. The van der Waals surface area contributed by atoms with Crippen LogP contribution in [0.1, 0.15) is 66.7 Å². The summed E-state index contributed by atoms with van der Waals surface area (Å²) in [6.07, 6.45) is -4.00. The van der Waals surface area contributed by atoms with Gasteiger partial charge in [-0.2, -0.15) is 0 Å². The topological polar surface area (TPSA) is 194 Å². The monoisotopic (exact) mass is 701 g/mol. The Bertz CT molecular complexity index is 1100. The second-order valence-electron chi connectivity index (χ2n) is 14.3. The molecule has 2 saturated heterocycles. The molecule has 49 heavy (non-hydrogen) atoms. The first-order valence-corrected chi connectivity index (χ1v) is 17.2. The van der Waals surface area contributed by atoms with Gasteiger partial charge in [-0.15, -0.1) is 0 Å². The average Bonchev–Trinajstić information content (AvgIpc) is 3.00. The maximum absolute atomic E-state index is 12.8. The Kier molecular flexibility index (Phi) is 15.8. The van der Waals surface area contributed by atoms with Gasteiger partial charge in [0.2, 0.25) is 0 Å². The molecule has 0 aliphatic carbocycles. The molecule has 0 amide bonds. The fourth-order valence-corrected chi connectivity index (χ4v) is 7.04. The lowest BCUT2D eigenvalue weighted by Crippen LogP contribution is -2.65. The highest BCUT2D eigenvalue weighted by molar-refractivity contribution is 5.70. The van der Waals surface area contributed by atoms with Crippen LogP contribution < -0.4 is 0 Å². The van der Waals surface area contributed by atoms with Crippen molar-refractivity contribution in [3.8, 4) is 0 Å². The van der Waals surface area contributed by atoms with Crippen LogP contribution in [-0.2, 0) is 38.0 Å². The number of carbonyl (C=O) groups excluding carboxylic acids is 2. The Hall–Kier alpha value is -1.82. The Morgan fingerprint density at radius 3 is 2.31 bits per heavy atom. The van der Waals surface area contributed by atoms with Crippen LogP contribution in [0.4, 0.5) is 0 Å². The molecule has 282 valence electrons. The molecule has 14 nitrogen and oxygen atoms in total. The van der Waals surface area contributed by atoms with E-state index in [0.29, 0.717) is 6.42 Å². The predicted molar refractivity (Wildman–Crippen MR) is 177 cm³/mol. The first-order valence-electron chi connectivity index (χ1n) is 17.2. The SMILES string of the molecule is CO[C@H]1[C@@H](O[C@@H]2O[C@H](C)[C@H](O[C@@H]3C[C@](C)(O)[C@H](O)[C@H](C)O3)[C@@H](N(C)C)[C@H]2O)[C@@H](CC=O)C[C@@H](C)[C@@H](O)C=CC=CC[C@@H](C)OC(=O)C[C@H]1O. The zero-order valence-corrected chi connectivity index (χ0v) is 30.0. The number of cyclic esters (lactones) is 1. The number of methoxy groups -OCH3 is 1. The van der Waals surface area contributed by atoms with Crippen molar-refractivity contribution in [3.05, 3.63) is 24.3 Å². The van der Waals surface area contributed by atoms with Crippen molar-refractivity contribution in [3.63, 3.8) is 0 Å². The van der Waals surface area contributed by atoms with Crippen LogP contribution >= 0.6 is 0 Å². The van der Waals surface area contributed by atoms with Gasteiger partial charge in [0.25, 0.3) is 0 Å². The zero-order valence-electron chi connectivity index (χ0n) is 30.0. The molecule has 0 aromatic carbocycles. The molecule has 0 unspecified atom stereocenters. The minimum atomic E-state index is -1.46. The normalized spacial score (nSPS) is 44.9. The lowest BCUT2D eigenvalue weighted by Gasteiger charge is -2.50. The molecule has 5 N–H and O–H groups in total. The molecule has 14 heteroatoms. The molecule has 0 saturated carbocycles. The number of ether oxygens (including phenoxy) is 6. The number of allylic oxidation sites excluding steroid dienone is 2. The Balaban J connectivity index is 1.94. The summed E-state index contributed by atoms with van der Waals surface area (Å²) in [5.74, 6) is -1.64. The van der Waals surface area contributed by atoms with Crippen LogP contribution in [0, 0.1) is 11.8 Å². The summed E-state index contributed by atoms with van der Waals surface area (Å²) >= 11 is 0. The first kappa shape index (κ1) is 41.6. The van der Waals surface area contributed by atoms with E-state index in [1.54, 1.807) is 58.0 Å². The number of carbonyl (C=O) groups is 2. The molecule has 0 spiro atoms.